The van der Waals surface area contributed by atoms with Gasteiger partial charge in [0.15, 0.2) is 6.61 Å². The predicted molar refractivity (Wildman–Crippen MR) is 96.2 cm³/mol. The highest BCUT2D eigenvalue weighted by atomic mass is 16.6. The molecule has 2 aromatic carbocycles. The van der Waals surface area contributed by atoms with Crippen molar-refractivity contribution in [3.05, 3.63) is 69.8 Å². The molecule has 0 atom stereocenters. The Bertz CT molecular complexity index is 881. The number of hydrogen-bond acceptors (Lipinski definition) is 6. The molecular weight excluding hydrogens is 354 g/mol. The number of nitro benzene ring substituents is 1. The van der Waals surface area contributed by atoms with Gasteiger partial charge in [0.05, 0.1) is 11.3 Å². The summed E-state index contributed by atoms with van der Waals surface area (Å²) in [5.74, 6) is -1.67. The van der Waals surface area contributed by atoms with Crippen LogP contribution in [0.4, 0.5) is 11.4 Å². The molecule has 2 aromatic rings. The number of carbonyl (C=O) groups excluding carboxylic acids is 3. The molecule has 0 heterocycles. The number of esters is 1. The molecule has 0 saturated heterocycles. The zero-order valence-corrected chi connectivity index (χ0v) is 14.4. The number of ether oxygens (including phenoxy) is 1. The molecule has 0 aromatic heterocycles. The van der Waals surface area contributed by atoms with E-state index in [0.29, 0.717) is 11.3 Å². The van der Waals surface area contributed by atoms with Crippen molar-refractivity contribution >= 4 is 29.2 Å². The molecule has 0 aliphatic rings. The van der Waals surface area contributed by atoms with E-state index in [1.165, 1.54) is 31.3 Å². The summed E-state index contributed by atoms with van der Waals surface area (Å²) in [6.07, 6.45) is -0.323. The van der Waals surface area contributed by atoms with Crippen LogP contribution >= 0.6 is 0 Å². The smallest absolute Gasteiger partial charge is 0.311 e. The highest BCUT2D eigenvalue weighted by molar-refractivity contribution is 5.97. The second-order valence-electron chi connectivity index (χ2n) is 5.43. The SMILES string of the molecule is CNC(=O)c1cccc(NC(=O)COC(=O)Cc2ccccc2[N+](=O)[O-])c1. The van der Waals surface area contributed by atoms with Gasteiger partial charge < -0.3 is 15.4 Å². The number of nitrogens with one attached hydrogen (secondary N) is 2. The van der Waals surface area contributed by atoms with Gasteiger partial charge in [-0.25, -0.2) is 0 Å². The quantitative estimate of drug-likeness (QED) is 0.433. The Balaban J connectivity index is 1.90. The van der Waals surface area contributed by atoms with Crippen molar-refractivity contribution in [1.29, 1.82) is 0 Å². The number of nitrogens with zero attached hydrogens (tertiary/aromatic N) is 1. The lowest BCUT2D eigenvalue weighted by Gasteiger charge is -2.08. The summed E-state index contributed by atoms with van der Waals surface area (Å²) >= 11 is 0. The first kappa shape index (κ1) is 19.6. The summed E-state index contributed by atoms with van der Waals surface area (Å²) in [5, 5.41) is 15.9. The van der Waals surface area contributed by atoms with E-state index in [1.807, 2.05) is 0 Å². The predicted octanol–water partition coefficient (Wildman–Crippen LogP) is 1.68. The van der Waals surface area contributed by atoms with Gasteiger partial charge >= 0.3 is 5.97 Å². The monoisotopic (exact) mass is 371 g/mol. The maximum Gasteiger partial charge on any atom is 0.311 e. The Kier molecular flexibility index (Phi) is 6.59. The Morgan fingerprint density at radius 1 is 1.11 bits per heavy atom. The van der Waals surface area contributed by atoms with Crippen LogP contribution < -0.4 is 10.6 Å². The van der Waals surface area contributed by atoms with Gasteiger partial charge in [-0.05, 0) is 18.2 Å². The maximum atomic E-state index is 11.9. The molecule has 27 heavy (non-hydrogen) atoms. The van der Waals surface area contributed by atoms with Crippen molar-refractivity contribution in [2.75, 3.05) is 19.0 Å². The first-order chi connectivity index (χ1) is 12.9. The highest BCUT2D eigenvalue weighted by Gasteiger charge is 2.17. The van der Waals surface area contributed by atoms with Gasteiger partial charge in [0, 0.05) is 29.9 Å². The fourth-order valence-corrected chi connectivity index (χ4v) is 2.27. The van der Waals surface area contributed by atoms with Crippen molar-refractivity contribution in [2.24, 2.45) is 0 Å². The van der Waals surface area contributed by atoms with E-state index in [1.54, 1.807) is 24.3 Å². The molecule has 9 heteroatoms. The second-order valence-corrected chi connectivity index (χ2v) is 5.43. The number of amides is 2. The summed E-state index contributed by atoms with van der Waals surface area (Å²) in [6, 6.07) is 12.0. The van der Waals surface area contributed by atoms with Crippen LogP contribution in [0.1, 0.15) is 15.9 Å². The van der Waals surface area contributed by atoms with Crippen LogP contribution in [-0.4, -0.2) is 36.4 Å². The van der Waals surface area contributed by atoms with Gasteiger partial charge in [-0.3, -0.25) is 24.5 Å². The molecule has 0 bridgehead atoms. The number of anilines is 1. The van der Waals surface area contributed by atoms with Gasteiger partial charge in [0.2, 0.25) is 0 Å². The van der Waals surface area contributed by atoms with Crippen molar-refractivity contribution in [3.63, 3.8) is 0 Å². The lowest BCUT2D eigenvalue weighted by Crippen LogP contribution is -2.22. The van der Waals surface area contributed by atoms with E-state index < -0.39 is 23.4 Å². The number of rotatable bonds is 7. The Labute approximate surface area is 154 Å². The summed E-state index contributed by atoms with van der Waals surface area (Å²) in [6.45, 7) is -0.552. The largest absolute Gasteiger partial charge is 0.455 e. The minimum absolute atomic E-state index is 0.190. The molecule has 2 N–H and O–H groups in total. The molecule has 0 unspecified atom stereocenters. The third kappa shape index (κ3) is 5.63. The molecular formula is C18H17N3O6. The highest BCUT2D eigenvalue weighted by Crippen LogP contribution is 2.18. The second kappa shape index (κ2) is 9.09. The van der Waals surface area contributed by atoms with E-state index in [9.17, 15) is 24.5 Å². The third-order valence-corrected chi connectivity index (χ3v) is 3.52. The number of hydrogen-bond donors (Lipinski definition) is 2. The summed E-state index contributed by atoms with van der Waals surface area (Å²) in [4.78, 5) is 45.7. The van der Waals surface area contributed by atoms with Gasteiger partial charge in [0.25, 0.3) is 17.5 Å². The molecule has 0 saturated carbocycles. The average Bonchev–Trinajstić information content (AvgIpc) is 2.66. The fraction of sp³-hybridized carbons (Fsp3) is 0.167. The first-order valence-electron chi connectivity index (χ1n) is 7.90. The minimum atomic E-state index is -0.765. The van der Waals surface area contributed by atoms with Crippen molar-refractivity contribution in [2.45, 2.75) is 6.42 Å². The van der Waals surface area contributed by atoms with Crippen LogP contribution in [0.2, 0.25) is 0 Å². The van der Waals surface area contributed by atoms with E-state index in [2.05, 4.69) is 10.6 Å². The van der Waals surface area contributed by atoms with Crippen molar-refractivity contribution in [3.8, 4) is 0 Å². The zero-order chi connectivity index (χ0) is 19.8. The van der Waals surface area contributed by atoms with E-state index in [-0.39, 0.29) is 23.6 Å². The lowest BCUT2D eigenvalue weighted by atomic mass is 10.1. The van der Waals surface area contributed by atoms with Crippen LogP contribution in [0, 0.1) is 10.1 Å². The van der Waals surface area contributed by atoms with Gasteiger partial charge in [-0.15, -0.1) is 0 Å². The molecule has 0 aliphatic heterocycles. The number of para-hydroxylation sites is 1. The molecule has 0 aliphatic carbocycles. The molecule has 0 spiro atoms. The Hall–Kier alpha value is -3.75. The fourth-order valence-electron chi connectivity index (χ4n) is 2.27. The lowest BCUT2D eigenvalue weighted by molar-refractivity contribution is -0.385. The van der Waals surface area contributed by atoms with E-state index in [0.717, 1.165) is 0 Å². The van der Waals surface area contributed by atoms with Crippen molar-refractivity contribution in [1.82, 2.24) is 5.32 Å². The van der Waals surface area contributed by atoms with E-state index >= 15 is 0 Å². The van der Waals surface area contributed by atoms with Crippen LogP contribution in [0.25, 0.3) is 0 Å². The summed E-state index contributed by atoms with van der Waals surface area (Å²) in [5.41, 5.74) is 0.746. The van der Waals surface area contributed by atoms with Gasteiger partial charge in [-0.1, -0.05) is 24.3 Å². The molecule has 2 rings (SSSR count). The standard InChI is InChI=1S/C18H17N3O6/c1-19-18(24)13-6-4-7-14(9-13)20-16(22)11-27-17(23)10-12-5-2-3-8-15(12)21(25)26/h2-9H,10-11H2,1H3,(H,19,24)(H,20,22). The Morgan fingerprint density at radius 3 is 2.56 bits per heavy atom. The van der Waals surface area contributed by atoms with Crippen LogP contribution in [0.15, 0.2) is 48.5 Å². The summed E-state index contributed by atoms with van der Waals surface area (Å²) < 4.78 is 4.86. The van der Waals surface area contributed by atoms with Gasteiger partial charge in [0.1, 0.15) is 0 Å². The topological polar surface area (TPSA) is 128 Å². The molecule has 0 fully saturated rings. The molecule has 0 radical (unpaired) electrons. The maximum absolute atomic E-state index is 11.9. The summed E-state index contributed by atoms with van der Waals surface area (Å²) in [7, 11) is 1.49. The minimum Gasteiger partial charge on any atom is -0.455 e. The first-order valence-corrected chi connectivity index (χ1v) is 7.90. The third-order valence-electron chi connectivity index (χ3n) is 3.52. The molecule has 140 valence electrons. The normalized spacial score (nSPS) is 9.96. The Morgan fingerprint density at radius 2 is 1.85 bits per heavy atom. The average molecular weight is 371 g/mol. The zero-order valence-electron chi connectivity index (χ0n) is 14.4. The molecule has 2 amide bonds. The van der Waals surface area contributed by atoms with Crippen LogP contribution in [0.5, 0.6) is 0 Å². The number of benzene rings is 2. The number of nitro groups is 1. The van der Waals surface area contributed by atoms with Crippen LogP contribution in [-0.2, 0) is 20.7 Å². The number of carbonyl (C=O) groups is 3. The molecule has 9 nitrogen and oxygen atoms in total. The van der Waals surface area contributed by atoms with Crippen molar-refractivity contribution < 1.29 is 24.0 Å². The van der Waals surface area contributed by atoms with Crippen LogP contribution in [0.3, 0.4) is 0 Å². The van der Waals surface area contributed by atoms with E-state index in [4.69, 9.17) is 4.74 Å². The van der Waals surface area contributed by atoms with Gasteiger partial charge in [-0.2, -0.15) is 0 Å².